The largest absolute Gasteiger partial charge is 0.491 e. The van der Waals surface area contributed by atoms with Crippen LogP contribution in [-0.4, -0.2) is 25.0 Å². The minimum Gasteiger partial charge on any atom is -0.491 e. The normalized spacial score (nSPS) is 11.1. The molecule has 1 aromatic carbocycles. The summed E-state index contributed by atoms with van der Waals surface area (Å²) in [7, 11) is -3.81. The summed E-state index contributed by atoms with van der Waals surface area (Å²) in [5.41, 5.74) is 5.80. The van der Waals surface area contributed by atoms with Gasteiger partial charge in [0.15, 0.2) is 5.75 Å². The van der Waals surface area contributed by atoms with Crippen LogP contribution in [0.4, 0.5) is 11.6 Å². The lowest BCUT2D eigenvalue weighted by molar-refractivity contribution is 0.337. The van der Waals surface area contributed by atoms with E-state index in [1.807, 2.05) is 6.92 Å². The number of para-hydroxylation sites is 1. The van der Waals surface area contributed by atoms with Crippen LogP contribution in [0.3, 0.4) is 0 Å². The first-order valence-corrected chi connectivity index (χ1v) is 7.33. The summed E-state index contributed by atoms with van der Waals surface area (Å²) in [5.74, 6) is 0.423. The molecule has 0 aliphatic carbocycles. The molecule has 0 aliphatic rings. The van der Waals surface area contributed by atoms with Crippen LogP contribution in [0.1, 0.15) is 6.92 Å². The average Bonchev–Trinajstić information content (AvgIpc) is 2.41. The summed E-state index contributed by atoms with van der Waals surface area (Å²) in [6.07, 6.45) is 2.78. The average molecular weight is 294 g/mol. The number of anilines is 2. The van der Waals surface area contributed by atoms with E-state index in [0.717, 1.165) is 0 Å². The zero-order valence-electron chi connectivity index (χ0n) is 10.8. The lowest BCUT2D eigenvalue weighted by atomic mass is 10.3. The zero-order valence-corrected chi connectivity index (χ0v) is 11.6. The highest BCUT2D eigenvalue weighted by atomic mass is 32.2. The van der Waals surface area contributed by atoms with Crippen molar-refractivity contribution in [2.75, 3.05) is 17.1 Å². The van der Waals surface area contributed by atoms with Gasteiger partial charge in [0, 0.05) is 0 Å². The third-order valence-electron chi connectivity index (χ3n) is 2.37. The van der Waals surface area contributed by atoms with Crippen molar-refractivity contribution in [3.8, 4) is 5.75 Å². The maximum Gasteiger partial charge on any atom is 0.266 e. The van der Waals surface area contributed by atoms with E-state index in [0.29, 0.717) is 12.4 Å². The van der Waals surface area contributed by atoms with Crippen LogP contribution in [0.25, 0.3) is 0 Å². The Labute approximate surface area is 116 Å². The molecule has 0 aliphatic heterocycles. The van der Waals surface area contributed by atoms with Gasteiger partial charge < -0.3 is 10.5 Å². The number of sulfonamides is 1. The molecule has 0 radical (unpaired) electrons. The van der Waals surface area contributed by atoms with Crippen LogP contribution in [-0.2, 0) is 10.0 Å². The highest BCUT2D eigenvalue weighted by molar-refractivity contribution is 7.92. The van der Waals surface area contributed by atoms with Crippen molar-refractivity contribution >= 4 is 21.7 Å². The van der Waals surface area contributed by atoms with Crippen LogP contribution >= 0.6 is 0 Å². The third kappa shape index (κ3) is 3.15. The first-order chi connectivity index (χ1) is 9.53. The van der Waals surface area contributed by atoms with Crippen molar-refractivity contribution in [1.29, 1.82) is 0 Å². The van der Waals surface area contributed by atoms with E-state index in [1.54, 1.807) is 12.1 Å². The number of rotatable bonds is 5. The fourth-order valence-electron chi connectivity index (χ4n) is 1.51. The van der Waals surface area contributed by atoms with Crippen LogP contribution in [0.2, 0.25) is 0 Å². The Bertz CT molecular complexity index is 686. The van der Waals surface area contributed by atoms with Crippen molar-refractivity contribution in [1.82, 2.24) is 9.97 Å². The minimum absolute atomic E-state index is 0.0162. The number of aromatic nitrogens is 2. The van der Waals surface area contributed by atoms with Crippen LogP contribution < -0.4 is 15.2 Å². The molecule has 20 heavy (non-hydrogen) atoms. The number of nitrogens with two attached hydrogens (primary N) is 1. The maximum absolute atomic E-state index is 12.1. The van der Waals surface area contributed by atoms with Crippen molar-refractivity contribution in [2.24, 2.45) is 0 Å². The minimum atomic E-state index is -3.81. The Morgan fingerprint density at radius 1 is 1.25 bits per heavy atom. The first kappa shape index (κ1) is 14.1. The standard InChI is InChI=1S/C12H14N4O3S/c1-2-19-9-7-14-12(15-8-9)16-20(17,18)11-6-4-3-5-10(11)13/h3-8H,2,13H2,1H3,(H,14,15,16). The van der Waals surface area contributed by atoms with Crippen molar-refractivity contribution in [2.45, 2.75) is 11.8 Å². The third-order valence-corrected chi connectivity index (χ3v) is 3.78. The van der Waals surface area contributed by atoms with Gasteiger partial charge in [-0.3, -0.25) is 0 Å². The smallest absolute Gasteiger partial charge is 0.266 e. The number of nitrogens with one attached hydrogen (secondary N) is 1. The number of ether oxygens (including phenoxy) is 1. The summed E-state index contributed by atoms with van der Waals surface area (Å²) in [5, 5.41) is 0. The molecule has 2 rings (SSSR count). The molecular formula is C12H14N4O3S. The number of nitrogens with zero attached hydrogens (tertiary/aromatic N) is 2. The highest BCUT2D eigenvalue weighted by Gasteiger charge is 2.18. The van der Waals surface area contributed by atoms with Crippen molar-refractivity contribution in [3.63, 3.8) is 0 Å². The number of hydrogen-bond donors (Lipinski definition) is 2. The molecule has 0 saturated carbocycles. The van der Waals surface area contributed by atoms with Gasteiger partial charge in [0.2, 0.25) is 5.95 Å². The number of nitrogen functional groups attached to an aromatic ring is 1. The Kier molecular flexibility index (Phi) is 4.04. The van der Waals surface area contributed by atoms with Crippen molar-refractivity contribution < 1.29 is 13.2 Å². The van der Waals surface area contributed by atoms with Gasteiger partial charge in [0.25, 0.3) is 10.0 Å². The molecule has 0 unspecified atom stereocenters. The molecule has 0 amide bonds. The van der Waals surface area contributed by atoms with Gasteiger partial charge in [-0.15, -0.1) is 0 Å². The van der Waals surface area contributed by atoms with E-state index in [1.165, 1.54) is 24.5 Å². The summed E-state index contributed by atoms with van der Waals surface area (Å²) in [6, 6.07) is 6.16. The van der Waals surface area contributed by atoms with E-state index in [2.05, 4.69) is 14.7 Å². The monoisotopic (exact) mass is 294 g/mol. The van der Waals surface area contributed by atoms with E-state index in [9.17, 15) is 8.42 Å². The lowest BCUT2D eigenvalue weighted by Crippen LogP contribution is -2.16. The molecular weight excluding hydrogens is 280 g/mol. The van der Waals surface area contributed by atoms with E-state index >= 15 is 0 Å². The summed E-state index contributed by atoms with van der Waals surface area (Å²) < 4.78 is 31.7. The SMILES string of the molecule is CCOc1cnc(NS(=O)(=O)c2ccccc2N)nc1. The Hall–Kier alpha value is -2.35. The number of hydrogen-bond acceptors (Lipinski definition) is 6. The zero-order chi connectivity index (χ0) is 14.6. The number of benzene rings is 1. The summed E-state index contributed by atoms with van der Waals surface area (Å²) in [4.78, 5) is 7.72. The topological polar surface area (TPSA) is 107 Å². The second-order valence-corrected chi connectivity index (χ2v) is 5.47. The molecule has 3 N–H and O–H groups in total. The Balaban J connectivity index is 2.22. The molecule has 0 atom stereocenters. The Morgan fingerprint density at radius 3 is 2.50 bits per heavy atom. The fraction of sp³-hybridized carbons (Fsp3) is 0.167. The van der Waals surface area contributed by atoms with Crippen LogP contribution in [0.5, 0.6) is 5.75 Å². The summed E-state index contributed by atoms with van der Waals surface area (Å²) in [6.45, 7) is 2.31. The van der Waals surface area contributed by atoms with Crippen LogP contribution in [0, 0.1) is 0 Å². The second kappa shape index (κ2) is 5.74. The lowest BCUT2D eigenvalue weighted by Gasteiger charge is -2.09. The fourth-order valence-corrected chi connectivity index (χ4v) is 2.60. The highest BCUT2D eigenvalue weighted by Crippen LogP contribution is 2.19. The van der Waals surface area contributed by atoms with Gasteiger partial charge in [0.05, 0.1) is 24.7 Å². The molecule has 1 aromatic heterocycles. The molecule has 1 heterocycles. The summed E-state index contributed by atoms with van der Waals surface area (Å²) >= 11 is 0. The second-order valence-electron chi connectivity index (χ2n) is 3.82. The van der Waals surface area contributed by atoms with E-state index < -0.39 is 10.0 Å². The molecule has 0 saturated heterocycles. The molecule has 2 aromatic rings. The van der Waals surface area contributed by atoms with E-state index in [-0.39, 0.29) is 16.5 Å². The van der Waals surface area contributed by atoms with Crippen molar-refractivity contribution in [3.05, 3.63) is 36.7 Å². The molecule has 7 nitrogen and oxygen atoms in total. The van der Waals surface area contributed by atoms with Gasteiger partial charge in [-0.05, 0) is 19.1 Å². The molecule has 8 heteroatoms. The molecule has 0 fully saturated rings. The van der Waals surface area contributed by atoms with Gasteiger partial charge in [-0.25, -0.2) is 23.1 Å². The van der Waals surface area contributed by atoms with E-state index in [4.69, 9.17) is 10.5 Å². The quantitative estimate of drug-likeness (QED) is 0.804. The Morgan fingerprint density at radius 2 is 1.90 bits per heavy atom. The predicted octanol–water partition coefficient (Wildman–Crippen LogP) is 1.26. The maximum atomic E-state index is 12.1. The van der Waals surface area contributed by atoms with Gasteiger partial charge >= 0.3 is 0 Å². The molecule has 0 bridgehead atoms. The van der Waals surface area contributed by atoms with Gasteiger partial charge in [-0.1, -0.05) is 12.1 Å². The van der Waals surface area contributed by atoms with Crippen LogP contribution in [0.15, 0.2) is 41.6 Å². The predicted molar refractivity (Wildman–Crippen MR) is 74.9 cm³/mol. The molecule has 0 spiro atoms. The van der Waals surface area contributed by atoms with Gasteiger partial charge in [0.1, 0.15) is 4.90 Å². The first-order valence-electron chi connectivity index (χ1n) is 5.85. The molecule has 106 valence electrons. The van der Waals surface area contributed by atoms with Gasteiger partial charge in [-0.2, -0.15) is 0 Å².